The lowest BCUT2D eigenvalue weighted by atomic mass is 10.1. The number of carbonyl (C=O) groups excluding carboxylic acids is 2. The second-order valence-electron chi connectivity index (χ2n) is 12.7. The molecule has 0 saturated heterocycles. The van der Waals surface area contributed by atoms with Gasteiger partial charge < -0.3 is 25.2 Å². The molecular weight excluding hydrogens is 649 g/mol. The molecule has 1 unspecified atom stereocenters. The maximum atomic E-state index is 12.5. The van der Waals surface area contributed by atoms with Gasteiger partial charge in [0.15, 0.2) is 6.10 Å². The highest BCUT2D eigenvalue weighted by Crippen LogP contribution is 2.43. The molecule has 11 nitrogen and oxygen atoms in total. The molecule has 0 aromatic rings. The number of carboxylic acids is 1. The zero-order chi connectivity index (χ0) is 36.4. The molecule has 0 heterocycles. The normalized spacial score (nSPS) is 14.2. The molecule has 0 radical (unpaired) electrons. The Labute approximate surface area is 296 Å². The number of hydrogen-bond acceptors (Lipinski definition) is 9. The van der Waals surface area contributed by atoms with Crippen molar-refractivity contribution in [2.24, 2.45) is 5.73 Å². The molecule has 286 valence electrons. The number of esters is 2. The summed E-state index contributed by atoms with van der Waals surface area (Å²) in [6.45, 7) is 2.72. The zero-order valence-corrected chi connectivity index (χ0v) is 31.4. The molecule has 12 heteroatoms. The topological polar surface area (TPSA) is 172 Å². The molecular formula is C37H68NO10P. The molecule has 0 amide bonds. The van der Waals surface area contributed by atoms with E-state index >= 15 is 0 Å². The van der Waals surface area contributed by atoms with Crippen molar-refractivity contribution in [3.63, 3.8) is 0 Å². The number of aliphatic carboxylic acids is 1. The number of ether oxygens (including phenoxy) is 2. The van der Waals surface area contributed by atoms with Gasteiger partial charge in [-0.05, 0) is 38.5 Å². The first-order valence-electron chi connectivity index (χ1n) is 18.9. The summed E-state index contributed by atoms with van der Waals surface area (Å²) >= 11 is 0. The summed E-state index contributed by atoms with van der Waals surface area (Å²) in [5.74, 6) is -2.40. The second-order valence-corrected chi connectivity index (χ2v) is 14.2. The smallest absolute Gasteiger partial charge is 0.472 e. The van der Waals surface area contributed by atoms with Gasteiger partial charge in [0.1, 0.15) is 12.6 Å². The van der Waals surface area contributed by atoms with Crippen LogP contribution in [0.5, 0.6) is 0 Å². The van der Waals surface area contributed by atoms with Gasteiger partial charge in [0, 0.05) is 12.8 Å². The minimum Gasteiger partial charge on any atom is -0.480 e. The standard InChI is InChI=1S/C37H68NO10P/c1-3-5-7-9-11-13-15-16-17-19-21-23-25-27-29-36(40)48-33(31-46-49(43,44)47-32-34(38)37(41)42)30-45-35(39)28-26-24-22-20-18-14-12-10-8-6-4-2/h9,11,15-16,33-34H,3-8,10,12-14,17-32,38H2,1-2H3,(H,41,42)(H,43,44)/b11-9-,16-15-/t33-,34+/m1/s1. The molecule has 0 aliphatic rings. The quantitative estimate of drug-likeness (QED) is 0.0247. The third-order valence-electron chi connectivity index (χ3n) is 7.95. The largest absolute Gasteiger partial charge is 0.480 e. The summed E-state index contributed by atoms with van der Waals surface area (Å²) in [7, 11) is -4.71. The molecule has 0 rings (SSSR count). The molecule has 0 aromatic heterocycles. The minimum absolute atomic E-state index is 0.147. The number of allylic oxidation sites excluding steroid dienone is 4. The number of carbonyl (C=O) groups is 3. The second kappa shape index (κ2) is 33.1. The summed E-state index contributed by atoms with van der Waals surface area (Å²) < 4.78 is 32.5. The first-order valence-corrected chi connectivity index (χ1v) is 20.4. The lowest BCUT2D eigenvalue weighted by Gasteiger charge is -2.20. The van der Waals surface area contributed by atoms with Gasteiger partial charge in [-0.1, -0.05) is 134 Å². The summed E-state index contributed by atoms with van der Waals surface area (Å²) in [5, 5.41) is 8.85. The van der Waals surface area contributed by atoms with Crippen LogP contribution in [-0.2, 0) is 37.5 Å². The fourth-order valence-electron chi connectivity index (χ4n) is 4.90. The molecule has 0 aromatic carbocycles. The number of phosphoric acid groups is 1. The Hall–Kier alpha value is -2.04. The predicted molar refractivity (Wildman–Crippen MR) is 194 cm³/mol. The van der Waals surface area contributed by atoms with E-state index in [1.54, 1.807) is 0 Å². The van der Waals surface area contributed by atoms with Gasteiger partial charge in [0.05, 0.1) is 13.2 Å². The van der Waals surface area contributed by atoms with Crippen molar-refractivity contribution >= 4 is 25.7 Å². The number of rotatable bonds is 35. The van der Waals surface area contributed by atoms with Crippen LogP contribution in [0.2, 0.25) is 0 Å². The number of hydrogen-bond donors (Lipinski definition) is 3. The van der Waals surface area contributed by atoms with Crippen molar-refractivity contribution in [2.75, 3.05) is 19.8 Å². The number of phosphoric ester groups is 1. The fourth-order valence-corrected chi connectivity index (χ4v) is 5.68. The van der Waals surface area contributed by atoms with E-state index in [4.69, 9.17) is 24.8 Å². The first kappa shape index (κ1) is 47.0. The maximum Gasteiger partial charge on any atom is 0.472 e. The number of nitrogens with two attached hydrogens (primary N) is 1. The monoisotopic (exact) mass is 717 g/mol. The van der Waals surface area contributed by atoms with Gasteiger partial charge in [-0.25, -0.2) is 4.57 Å². The van der Waals surface area contributed by atoms with Crippen LogP contribution in [0.25, 0.3) is 0 Å². The summed E-state index contributed by atoms with van der Waals surface area (Å²) in [4.78, 5) is 45.7. The first-order chi connectivity index (χ1) is 23.6. The van der Waals surface area contributed by atoms with Crippen molar-refractivity contribution < 1.29 is 47.5 Å². The SMILES string of the molecule is CCCC/C=C\C/C=C\CCCCCCCC(=O)O[C@H](COC(=O)CCCCCCCCCCCCC)COP(=O)(O)OC[C@H](N)C(=O)O. The number of carboxylic acid groups (broad SMARTS) is 1. The lowest BCUT2D eigenvalue weighted by molar-refractivity contribution is -0.161. The van der Waals surface area contributed by atoms with Crippen LogP contribution >= 0.6 is 7.82 Å². The highest BCUT2D eigenvalue weighted by atomic mass is 31.2. The van der Waals surface area contributed by atoms with Crippen LogP contribution in [0, 0.1) is 0 Å². The Morgan fingerprint density at radius 3 is 1.65 bits per heavy atom. The average molecular weight is 718 g/mol. The Morgan fingerprint density at radius 2 is 1.10 bits per heavy atom. The molecule has 0 aliphatic heterocycles. The lowest BCUT2D eigenvalue weighted by Crippen LogP contribution is -2.34. The molecule has 0 spiro atoms. The summed E-state index contributed by atoms with van der Waals surface area (Å²) in [5.41, 5.74) is 5.31. The van der Waals surface area contributed by atoms with Crippen LogP contribution in [0.3, 0.4) is 0 Å². The van der Waals surface area contributed by atoms with E-state index in [0.717, 1.165) is 64.2 Å². The summed E-state index contributed by atoms with van der Waals surface area (Å²) in [6, 6.07) is -1.52. The maximum absolute atomic E-state index is 12.5. The van der Waals surface area contributed by atoms with Crippen molar-refractivity contribution in [1.82, 2.24) is 0 Å². The van der Waals surface area contributed by atoms with Crippen LogP contribution in [0.4, 0.5) is 0 Å². The van der Waals surface area contributed by atoms with E-state index in [1.165, 1.54) is 57.8 Å². The van der Waals surface area contributed by atoms with E-state index in [-0.39, 0.29) is 19.4 Å². The Balaban J connectivity index is 4.47. The van der Waals surface area contributed by atoms with E-state index in [2.05, 4.69) is 42.7 Å². The average Bonchev–Trinajstić information content (AvgIpc) is 3.07. The van der Waals surface area contributed by atoms with Gasteiger partial charge in [-0.3, -0.25) is 23.4 Å². The van der Waals surface area contributed by atoms with Gasteiger partial charge >= 0.3 is 25.7 Å². The third kappa shape index (κ3) is 32.9. The van der Waals surface area contributed by atoms with Crippen LogP contribution in [0.15, 0.2) is 24.3 Å². The highest BCUT2D eigenvalue weighted by Gasteiger charge is 2.28. The number of unbranched alkanes of at least 4 members (excludes halogenated alkanes) is 17. The fraction of sp³-hybridized carbons (Fsp3) is 0.811. The van der Waals surface area contributed by atoms with Crippen molar-refractivity contribution in [3.8, 4) is 0 Å². The Morgan fingerprint density at radius 1 is 0.633 bits per heavy atom. The molecule has 0 bridgehead atoms. The van der Waals surface area contributed by atoms with E-state index < -0.39 is 51.1 Å². The Bertz CT molecular complexity index is 942. The molecule has 4 N–H and O–H groups in total. The minimum atomic E-state index is -4.71. The van der Waals surface area contributed by atoms with E-state index in [0.29, 0.717) is 12.8 Å². The van der Waals surface area contributed by atoms with Crippen molar-refractivity contribution in [2.45, 2.75) is 174 Å². The van der Waals surface area contributed by atoms with E-state index in [1.807, 2.05) is 0 Å². The molecule has 0 saturated carbocycles. The van der Waals surface area contributed by atoms with Crippen LogP contribution in [-0.4, -0.2) is 59.9 Å². The highest BCUT2D eigenvalue weighted by molar-refractivity contribution is 7.47. The van der Waals surface area contributed by atoms with Crippen molar-refractivity contribution in [1.29, 1.82) is 0 Å². The molecule has 0 fully saturated rings. The van der Waals surface area contributed by atoms with E-state index in [9.17, 15) is 23.8 Å². The van der Waals surface area contributed by atoms with Gasteiger partial charge in [0.2, 0.25) is 0 Å². The molecule has 49 heavy (non-hydrogen) atoms. The van der Waals surface area contributed by atoms with Crippen LogP contribution in [0.1, 0.15) is 162 Å². The molecule has 0 aliphatic carbocycles. The van der Waals surface area contributed by atoms with Crippen LogP contribution < -0.4 is 5.73 Å². The predicted octanol–water partition coefficient (Wildman–Crippen LogP) is 9.11. The molecule has 3 atom stereocenters. The van der Waals surface area contributed by atoms with Gasteiger partial charge in [-0.15, -0.1) is 0 Å². The van der Waals surface area contributed by atoms with Crippen molar-refractivity contribution in [3.05, 3.63) is 24.3 Å². The third-order valence-corrected chi connectivity index (χ3v) is 8.90. The zero-order valence-electron chi connectivity index (χ0n) is 30.5. The Kier molecular flexibility index (Phi) is 31.7. The van der Waals surface area contributed by atoms with Gasteiger partial charge in [-0.2, -0.15) is 0 Å². The van der Waals surface area contributed by atoms with Gasteiger partial charge in [0.25, 0.3) is 0 Å². The summed E-state index contributed by atoms with van der Waals surface area (Å²) in [6.07, 6.45) is 31.0.